The number of likely N-dealkylation sites (tertiary alicyclic amines) is 1. The first-order valence-corrected chi connectivity index (χ1v) is 11.0. The molecule has 2 aromatic heterocycles. The SMILES string of the molecule is CCn1c(SCC(=O)N2C[C@@H](C)C[C@H](C)C2)nc2sc(C)c(C)c2c1=O. The van der Waals surface area contributed by atoms with Gasteiger partial charge in [-0.25, -0.2) is 4.98 Å². The predicted molar refractivity (Wildman–Crippen MR) is 109 cm³/mol. The minimum Gasteiger partial charge on any atom is -0.341 e. The summed E-state index contributed by atoms with van der Waals surface area (Å²) < 4.78 is 1.70. The van der Waals surface area contributed by atoms with Crippen molar-refractivity contribution in [3.8, 4) is 0 Å². The first kappa shape index (κ1) is 19.4. The number of rotatable bonds is 4. The van der Waals surface area contributed by atoms with Crippen LogP contribution in [0.1, 0.15) is 37.6 Å². The van der Waals surface area contributed by atoms with Crippen LogP contribution in [0.15, 0.2) is 9.95 Å². The number of amides is 1. The van der Waals surface area contributed by atoms with Crippen molar-refractivity contribution < 1.29 is 4.79 Å². The van der Waals surface area contributed by atoms with Gasteiger partial charge in [0, 0.05) is 24.5 Å². The Labute approximate surface area is 162 Å². The van der Waals surface area contributed by atoms with Crippen LogP contribution in [0.5, 0.6) is 0 Å². The van der Waals surface area contributed by atoms with Gasteiger partial charge in [0.15, 0.2) is 5.16 Å². The second-order valence-corrected chi connectivity index (χ2v) is 9.59. The number of piperidine rings is 1. The summed E-state index contributed by atoms with van der Waals surface area (Å²) in [6, 6.07) is 0. The third-order valence-electron chi connectivity index (χ3n) is 5.12. The third kappa shape index (κ3) is 3.69. The fourth-order valence-electron chi connectivity index (χ4n) is 3.78. The number of thiophene rings is 1. The lowest BCUT2D eigenvalue weighted by Crippen LogP contribution is -2.43. The zero-order chi connectivity index (χ0) is 19.0. The van der Waals surface area contributed by atoms with Crippen LogP contribution in [-0.2, 0) is 11.3 Å². The molecule has 1 amide bonds. The molecule has 1 aliphatic heterocycles. The summed E-state index contributed by atoms with van der Waals surface area (Å²) in [5, 5.41) is 1.38. The molecule has 0 aliphatic carbocycles. The molecule has 2 atom stereocenters. The van der Waals surface area contributed by atoms with E-state index < -0.39 is 0 Å². The summed E-state index contributed by atoms with van der Waals surface area (Å²) in [5.74, 6) is 1.57. The van der Waals surface area contributed by atoms with E-state index >= 15 is 0 Å². The molecule has 0 aromatic carbocycles. The van der Waals surface area contributed by atoms with Crippen LogP contribution < -0.4 is 5.56 Å². The fraction of sp³-hybridized carbons (Fsp3) is 0.632. The number of aryl methyl sites for hydroxylation is 2. The largest absolute Gasteiger partial charge is 0.341 e. The Kier molecular flexibility index (Phi) is 5.77. The molecular weight excluding hydrogens is 366 g/mol. The van der Waals surface area contributed by atoms with Gasteiger partial charge in [-0.05, 0) is 44.6 Å². The van der Waals surface area contributed by atoms with Crippen LogP contribution in [-0.4, -0.2) is 39.2 Å². The highest BCUT2D eigenvalue weighted by molar-refractivity contribution is 7.99. The Morgan fingerprint density at radius 1 is 1.27 bits per heavy atom. The molecular formula is C19H27N3O2S2. The normalized spacial score (nSPS) is 20.7. The van der Waals surface area contributed by atoms with Crippen molar-refractivity contribution in [1.82, 2.24) is 14.5 Å². The first-order chi connectivity index (χ1) is 12.3. The summed E-state index contributed by atoms with van der Waals surface area (Å²) in [7, 11) is 0. The van der Waals surface area contributed by atoms with Gasteiger partial charge in [0.25, 0.3) is 5.56 Å². The van der Waals surface area contributed by atoms with Gasteiger partial charge in [-0.15, -0.1) is 11.3 Å². The molecule has 0 bridgehead atoms. The quantitative estimate of drug-likeness (QED) is 0.587. The van der Waals surface area contributed by atoms with Crippen molar-refractivity contribution in [2.45, 2.75) is 52.7 Å². The van der Waals surface area contributed by atoms with E-state index in [1.807, 2.05) is 25.7 Å². The fourth-order valence-corrected chi connectivity index (χ4v) is 5.82. The van der Waals surface area contributed by atoms with Gasteiger partial charge in [0.2, 0.25) is 5.91 Å². The molecule has 3 heterocycles. The molecule has 1 fully saturated rings. The van der Waals surface area contributed by atoms with E-state index in [0.717, 1.165) is 33.7 Å². The third-order valence-corrected chi connectivity index (χ3v) is 7.18. The molecule has 7 heteroatoms. The van der Waals surface area contributed by atoms with E-state index in [2.05, 4.69) is 13.8 Å². The molecule has 0 saturated carbocycles. The second-order valence-electron chi connectivity index (χ2n) is 7.44. The summed E-state index contributed by atoms with van der Waals surface area (Å²) in [6.07, 6.45) is 1.18. The lowest BCUT2D eigenvalue weighted by atomic mass is 9.92. The first-order valence-electron chi connectivity index (χ1n) is 9.22. The monoisotopic (exact) mass is 393 g/mol. The minimum absolute atomic E-state index is 0.00881. The van der Waals surface area contributed by atoms with Crippen molar-refractivity contribution in [2.75, 3.05) is 18.8 Å². The minimum atomic E-state index is 0.00881. The van der Waals surface area contributed by atoms with Crippen LogP contribution >= 0.6 is 23.1 Å². The Morgan fingerprint density at radius 2 is 1.92 bits per heavy atom. The predicted octanol–water partition coefficient (Wildman–Crippen LogP) is 3.69. The van der Waals surface area contributed by atoms with Crippen LogP contribution in [0.4, 0.5) is 0 Å². The van der Waals surface area contributed by atoms with E-state index in [-0.39, 0.29) is 11.5 Å². The number of fused-ring (bicyclic) bond motifs is 1. The Balaban J connectivity index is 1.82. The average molecular weight is 394 g/mol. The van der Waals surface area contributed by atoms with Crippen molar-refractivity contribution in [1.29, 1.82) is 0 Å². The van der Waals surface area contributed by atoms with Crippen molar-refractivity contribution in [2.24, 2.45) is 11.8 Å². The second kappa shape index (κ2) is 7.72. The Morgan fingerprint density at radius 3 is 2.54 bits per heavy atom. The van der Waals surface area contributed by atoms with Crippen molar-refractivity contribution in [3.05, 3.63) is 20.8 Å². The number of nitrogens with zero attached hydrogens (tertiary/aromatic N) is 3. The van der Waals surface area contributed by atoms with Crippen LogP contribution in [0.3, 0.4) is 0 Å². The molecule has 3 rings (SSSR count). The molecule has 2 aromatic rings. The Hall–Kier alpha value is -1.34. The maximum absolute atomic E-state index is 12.9. The molecule has 1 aliphatic rings. The molecule has 0 radical (unpaired) electrons. The van der Waals surface area contributed by atoms with E-state index in [1.165, 1.54) is 18.2 Å². The van der Waals surface area contributed by atoms with Crippen molar-refractivity contribution in [3.63, 3.8) is 0 Å². The van der Waals surface area contributed by atoms with Crippen LogP contribution in [0, 0.1) is 25.7 Å². The summed E-state index contributed by atoms with van der Waals surface area (Å²) in [5.41, 5.74) is 1.03. The molecule has 5 nitrogen and oxygen atoms in total. The number of carbonyl (C=O) groups is 1. The highest BCUT2D eigenvalue weighted by atomic mass is 32.2. The molecule has 0 N–H and O–H groups in total. The van der Waals surface area contributed by atoms with Gasteiger partial charge in [0.05, 0.1) is 11.1 Å². The van der Waals surface area contributed by atoms with Gasteiger partial charge in [-0.1, -0.05) is 25.6 Å². The summed E-state index contributed by atoms with van der Waals surface area (Å²) in [4.78, 5) is 34.1. The molecule has 142 valence electrons. The lowest BCUT2D eigenvalue weighted by Gasteiger charge is -2.35. The maximum atomic E-state index is 12.9. The number of carbonyl (C=O) groups excluding carboxylic acids is 1. The molecule has 1 saturated heterocycles. The van der Waals surface area contributed by atoms with E-state index in [4.69, 9.17) is 4.98 Å². The topological polar surface area (TPSA) is 55.2 Å². The zero-order valence-corrected chi connectivity index (χ0v) is 17.8. The summed E-state index contributed by atoms with van der Waals surface area (Å²) >= 11 is 2.94. The smallest absolute Gasteiger partial charge is 0.263 e. The Bertz CT molecular complexity index is 877. The van der Waals surface area contributed by atoms with Gasteiger partial charge >= 0.3 is 0 Å². The zero-order valence-electron chi connectivity index (χ0n) is 16.2. The highest BCUT2D eigenvalue weighted by Crippen LogP contribution is 2.29. The molecule has 26 heavy (non-hydrogen) atoms. The average Bonchev–Trinajstić information content (AvgIpc) is 2.86. The number of hydrogen-bond acceptors (Lipinski definition) is 5. The van der Waals surface area contributed by atoms with E-state index in [9.17, 15) is 9.59 Å². The van der Waals surface area contributed by atoms with E-state index in [1.54, 1.807) is 15.9 Å². The number of thioether (sulfide) groups is 1. The van der Waals surface area contributed by atoms with Gasteiger partial charge in [-0.2, -0.15) is 0 Å². The standard InChI is InChI=1S/C19H27N3O2S2/c1-6-22-18(24)16-13(4)14(5)26-17(16)20-19(22)25-10-15(23)21-8-11(2)7-12(3)9-21/h11-12H,6-10H2,1-5H3/t11-,12-/m0/s1. The molecule has 0 unspecified atom stereocenters. The number of hydrogen-bond donors (Lipinski definition) is 0. The van der Waals surface area contributed by atoms with Crippen LogP contribution in [0.2, 0.25) is 0 Å². The van der Waals surface area contributed by atoms with Crippen LogP contribution in [0.25, 0.3) is 10.2 Å². The van der Waals surface area contributed by atoms with E-state index in [0.29, 0.717) is 29.3 Å². The van der Waals surface area contributed by atoms with Gasteiger partial charge in [0.1, 0.15) is 4.83 Å². The lowest BCUT2D eigenvalue weighted by molar-refractivity contribution is -0.130. The highest BCUT2D eigenvalue weighted by Gasteiger charge is 2.26. The van der Waals surface area contributed by atoms with Gasteiger partial charge < -0.3 is 4.90 Å². The maximum Gasteiger partial charge on any atom is 0.263 e. The molecule has 0 spiro atoms. The van der Waals surface area contributed by atoms with Gasteiger partial charge in [-0.3, -0.25) is 14.2 Å². The van der Waals surface area contributed by atoms with Crippen molar-refractivity contribution >= 4 is 39.2 Å². The number of aromatic nitrogens is 2. The summed E-state index contributed by atoms with van der Waals surface area (Å²) in [6.45, 7) is 12.6.